The van der Waals surface area contributed by atoms with E-state index < -0.39 is 24.1 Å². The van der Waals surface area contributed by atoms with E-state index in [1.54, 1.807) is 18.1 Å². The van der Waals surface area contributed by atoms with E-state index >= 15 is 0 Å². The zero-order chi connectivity index (χ0) is 15.0. The standard InChI is InChI=1S/C15H18BFO3/c1-14(2)15(3,4)20-16(19-14)8-7-11-5-6-12(10-18)13(17)9-11/h5-10H,1-4H3. The van der Waals surface area contributed by atoms with Gasteiger partial charge in [-0.05, 0) is 45.4 Å². The van der Waals surface area contributed by atoms with Crippen molar-refractivity contribution in [3.8, 4) is 0 Å². The minimum Gasteiger partial charge on any atom is -0.400 e. The van der Waals surface area contributed by atoms with E-state index in [0.29, 0.717) is 11.8 Å². The zero-order valence-corrected chi connectivity index (χ0v) is 12.1. The Bertz CT molecular complexity index is 536. The lowest BCUT2D eigenvalue weighted by molar-refractivity contribution is 0.00578. The Morgan fingerprint density at radius 1 is 1.15 bits per heavy atom. The van der Waals surface area contributed by atoms with Gasteiger partial charge in [-0.15, -0.1) is 0 Å². The minimum atomic E-state index is -0.531. The SMILES string of the molecule is CC1(C)OB(C=Cc2ccc(C=O)c(F)c2)OC1(C)C. The number of rotatable bonds is 3. The summed E-state index contributed by atoms with van der Waals surface area (Å²) < 4.78 is 25.1. The van der Waals surface area contributed by atoms with Crippen molar-refractivity contribution in [2.45, 2.75) is 38.9 Å². The molecular weight excluding hydrogens is 258 g/mol. The first-order valence-corrected chi connectivity index (χ1v) is 6.54. The molecule has 1 saturated heterocycles. The number of benzene rings is 1. The number of hydrogen-bond donors (Lipinski definition) is 0. The van der Waals surface area contributed by atoms with E-state index in [4.69, 9.17) is 9.31 Å². The molecule has 0 unspecified atom stereocenters. The van der Waals surface area contributed by atoms with Gasteiger partial charge in [-0.25, -0.2) is 4.39 Å². The molecule has 0 bridgehead atoms. The molecule has 106 valence electrons. The monoisotopic (exact) mass is 276 g/mol. The van der Waals surface area contributed by atoms with Gasteiger partial charge in [0.15, 0.2) is 6.29 Å². The summed E-state index contributed by atoms with van der Waals surface area (Å²) in [4.78, 5) is 10.6. The highest BCUT2D eigenvalue weighted by Gasteiger charge is 2.49. The molecule has 20 heavy (non-hydrogen) atoms. The van der Waals surface area contributed by atoms with Crippen LogP contribution in [0.15, 0.2) is 24.2 Å². The number of halogens is 1. The van der Waals surface area contributed by atoms with Crippen molar-refractivity contribution >= 4 is 19.5 Å². The van der Waals surface area contributed by atoms with Gasteiger partial charge in [-0.3, -0.25) is 4.79 Å². The van der Waals surface area contributed by atoms with Crippen molar-refractivity contribution in [1.29, 1.82) is 0 Å². The van der Waals surface area contributed by atoms with Gasteiger partial charge < -0.3 is 9.31 Å². The first kappa shape index (κ1) is 14.9. The third-order valence-electron chi connectivity index (χ3n) is 3.87. The van der Waals surface area contributed by atoms with Crippen LogP contribution >= 0.6 is 0 Å². The van der Waals surface area contributed by atoms with E-state index in [2.05, 4.69) is 0 Å². The summed E-state index contributed by atoms with van der Waals surface area (Å²) in [6.07, 6.45) is 2.22. The van der Waals surface area contributed by atoms with E-state index in [-0.39, 0.29) is 5.56 Å². The quantitative estimate of drug-likeness (QED) is 0.627. The Balaban J connectivity index is 2.12. The lowest BCUT2D eigenvalue weighted by atomic mass is 9.89. The molecule has 0 radical (unpaired) electrons. The van der Waals surface area contributed by atoms with Crippen LogP contribution in [0.25, 0.3) is 6.08 Å². The van der Waals surface area contributed by atoms with Crippen LogP contribution in [-0.4, -0.2) is 24.6 Å². The number of hydrogen-bond acceptors (Lipinski definition) is 3. The molecular formula is C15H18BFO3. The third kappa shape index (κ3) is 2.84. The van der Waals surface area contributed by atoms with Gasteiger partial charge >= 0.3 is 7.12 Å². The van der Waals surface area contributed by atoms with Crippen molar-refractivity contribution < 1.29 is 18.5 Å². The Kier molecular flexibility index (Phi) is 3.85. The topological polar surface area (TPSA) is 35.5 Å². The highest BCUT2D eigenvalue weighted by atomic mass is 19.1. The van der Waals surface area contributed by atoms with Gasteiger partial charge in [0, 0.05) is 0 Å². The molecule has 0 N–H and O–H groups in total. The molecule has 3 nitrogen and oxygen atoms in total. The fraction of sp³-hybridized carbons (Fsp3) is 0.400. The van der Waals surface area contributed by atoms with Crippen LogP contribution < -0.4 is 0 Å². The van der Waals surface area contributed by atoms with Crippen LogP contribution in [0, 0.1) is 5.82 Å². The molecule has 2 rings (SSSR count). The van der Waals surface area contributed by atoms with Gasteiger partial charge in [-0.1, -0.05) is 18.1 Å². The normalized spacial score (nSPS) is 20.6. The van der Waals surface area contributed by atoms with Crippen LogP contribution in [0.2, 0.25) is 0 Å². The fourth-order valence-electron chi connectivity index (χ4n) is 1.90. The number of carbonyl (C=O) groups is 1. The lowest BCUT2D eigenvalue weighted by Gasteiger charge is -2.32. The maximum Gasteiger partial charge on any atom is 0.487 e. The van der Waals surface area contributed by atoms with Crippen LogP contribution in [0.3, 0.4) is 0 Å². The molecule has 0 amide bonds. The first-order valence-electron chi connectivity index (χ1n) is 6.54. The van der Waals surface area contributed by atoms with Crippen LogP contribution in [-0.2, 0) is 9.31 Å². The highest BCUT2D eigenvalue weighted by Crippen LogP contribution is 2.37. The molecule has 5 heteroatoms. The summed E-state index contributed by atoms with van der Waals surface area (Å²) in [5.41, 5.74) is -0.0795. The largest absolute Gasteiger partial charge is 0.487 e. The second-order valence-electron chi connectivity index (χ2n) is 5.88. The van der Waals surface area contributed by atoms with Crippen LogP contribution in [0.1, 0.15) is 43.6 Å². The minimum absolute atomic E-state index is 0.0535. The second-order valence-corrected chi connectivity index (χ2v) is 5.88. The van der Waals surface area contributed by atoms with E-state index in [0.717, 1.165) is 0 Å². The van der Waals surface area contributed by atoms with Gasteiger partial charge in [0.25, 0.3) is 0 Å². The molecule has 1 fully saturated rings. The molecule has 1 aromatic rings. The molecule has 0 aromatic heterocycles. The molecule has 1 aliphatic heterocycles. The van der Waals surface area contributed by atoms with Crippen molar-refractivity contribution in [3.05, 3.63) is 41.1 Å². The van der Waals surface area contributed by atoms with Crippen molar-refractivity contribution in [2.24, 2.45) is 0 Å². The average molecular weight is 276 g/mol. The molecule has 0 spiro atoms. The lowest BCUT2D eigenvalue weighted by Crippen LogP contribution is -2.41. The summed E-state index contributed by atoms with van der Waals surface area (Å²) in [6.45, 7) is 7.89. The van der Waals surface area contributed by atoms with Crippen molar-refractivity contribution in [2.75, 3.05) is 0 Å². The third-order valence-corrected chi connectivity index (χ3v) is 3.87. The Labute approximate surface area is 118 Å². The Morgan fingerprint density at radius 3 is 2.25 bits per heavy atom. The summed E-state index contributed by atoms with van der Waals surface area (Å²) in [5.74, 6) is 1.21. The zero-order valence-electron chi connectivity index (χ0n) is 12.1. The van der Waals surface area contributed by atoms with E-state index in [1.165, 1.54) is 12.1 Å². The number of carbonyl (C=O) groups excluding carboxylic acids is 1. The molecule has 1 heterocycles. The maximum atomic E-state index is 13.5. The smallest absolute Gasteiger partial charge is 0.400 e. The predicted octanol–water partition coefficient (Wildman–Crippen LogP) is 3.28. The van der Waals surface area contributed by atoms with Gasteiger partial charge in [-0.2, -0.15) is 0 Å². The highest BCUT2D eigenvalue weighted by molar-refractivity contribution is 6.52. The number of aldehydes is 1. The predicted molar refractivity (Wildman–Crippen MR) is 76.9 cm³/mol. The van der Waals surface area contributed by atoms with Crippen LogP contribution in [0.4, 0.5) is 4.39 Å². The first-order chi connectivity index (χ1) is 9.25. The molecule has 0 saturated carbocycles. The van der Waals surface area contributed by atoms with Gasteiger partial charge in [0.05, 0.1) is 16.8 Å². The summed E-state index contributed by atoms with van der Waals surface area (Å²) in [7, 11) is -0.464. The maximum absolute atomic E-state index is 13.5. The van der Waals surface area contributed by atoms with Gasteiger partial charge in [0.1, 0.15) is 5.82 Å². The second kappa shape index (κ2) is 5.15. The average Bonchev–Trinajstić information content (AvgIpc) is 2.55. The summed E-state index contributed by atoms with van der Waals surface area (Å²) in [6, 6.07) is 4.44. The van der Waals surface area contributed by atoms with Crippen molar-refractivity contribution in [3.63, 3.8) is 0 Å². The summed E-state index contributed by atoms with van der Waals surface area (Å²) >= 11 is 0. The molecule has 0 atom stereocenters. The van der Waals surface area contributed by atoms with Crippen molar-refractivity contribution in [1.82, 2.24) is 0 Å². The molecule has 0 aliphatic carbocycles. The van der Waals surface area contributed by atoms with Crippen LogP contribution in [0.5, 0.6) is 0 Å². The fourth-order valence-corrected chi connectivity index (χ4v) is 1.90. The Morgan fingerprint density at radius 2 is 1.75 bits per heavy atom. The van der Waals surface area contributed by atoms with Gasteiger partial charge in [0.2, 0.25) is 0 Å². The Hall–Kier alpha value is -1.46. The summed E-state index contributed by atoms with van der Waals surface area (Å²) in [5, 5.41) is 0. The molecule has 1 aliphatic rings. The van der Waals surface area contributed by atoms with E-state index in [1.807, 2.05) is 27.7 Å². The molecule has 1 aromatic carbocycles. The van der Waals surface area contributed by atoms with E-state index in [9.17, 15) is 9.18 Å².